The topological polar surface area (TPSA) is 72.9 Å². The number of amides is 1. The molecule has 1 heterocycles. The Kier molecular flexibility index (Phi) is 7.69. The van der Waals surface area contributed by atoms with Crippen molar-refractivity contribution < 1.29 is 23.9 Å². The Morgan fingerprint density at radius 3 is 2.05 bits per heavy atom. The summed E-state index contributed by atoms with van der Waals surface area (Å²) in [6.45, 7) is 8.19. The second-order valence-corrected chi connectivity index (χ2v) is 10.7. The maximum absolute atomic E-state index is 12.7. The number of hydrogen-bond donors (Lipinski definition) is 0. The van der Waals surface area contributed by atoms with E-state index in [2.05, 4.69) is 32.9 Å². The number of benzene rings is 3. The molecular formula is C30H30ClNO5. The van der Waals surface area contributed by atoms with Crippen LogP contribution in [0.3, 0.4) is 0 Å². The first kappa shape index (κ1) is 26.4. The van der Waals surface area contributed by atoms with E-state index in [1.807, 2.05) is 12.1 Å². The van der Waals surface area contributed by atoms with Crippen LogP contribution in [0.5, 0.6) is 11.5 Å². The number of ether oxygens (including phenoxy) is 2. The van der Waals surface area contributed by atoms with E-state index in [1.54, 1.807) is 53.4 Å². The molecule has 4 rings (SSSR count). The Hall–Kier alpha value is -3.64. The van der Waals surface area contributed by atoms with Gasteiger partial charge >= 0.3 is 5.97 Å². The standard InChI is InChI=1S/C30H30ClNO5/c1-19(28(34)20-5-9-23(31)10-6-20)36-29(35)21-17-27(33)32(18-21)24-11-15-26(16-12-24)37-25-13-7-22(8-14-25)30(2,3)4/h5-16,19,21H,17-18H2,1-4H3/t19-,21+/m1/s1. The van der Waals surface area contributed by atoms with Gasteiger partial charge in [-0.2, -0.15) is 0 Å². The zero-order valence-corrected chi connectivity index (χ0v) is 22.1. The average Bonchev–Trinajstić information content (AvgIpc) is 3.26. The van der Waals surface area contributed by atoms with Crippen molar-refractivity contribution in [3.63, 3.8) is 0 Å². The number of carbonyl (C=O) groups is 3. The third-order valence-corrected chi connectivity index (χ3v) is 6.61. The van der Waals surface area contributed by atoms with E-state index in [9.17, 15) is 14.4 Å². The predicted molar refractivity (Wildman–Crippen MR) is 143 cm³/mol. The Morgan fingerprint density at radius 1 is 0.919 bits per heavy atom. The van der Waals surface area contributed by atoms with E-state index in [1.165, 1.54) is 12.5 Å². The third kappa shape index (κ3) is 6.38. The van der Waals surface area contributed by atoms with Crippen LogP contribution in [0.1, 0.15) is 50.0 Å². The van der Waals surface area contributed by atoms with Crippen molar-refractivity contribution in [1.82, 2.24) is 0 Å². The molecule has 0 bridgehead atoms. The van der Waals surface area contributed by atoms with E-state index in [0.29, 0.717) is 22.0 Å². The molecule has 3 aromatic carbocycles. The van der Waals surface area contributed by atoms with Crippen molar-refractivity contribution in [3.05, 3.63) is 88.9 Å². The number of halogens is 1. The van der Waals surface area contributed by atoms with Crippen molar-refractivity contribution in [1.29, 1.82) is 0 Å². The van der Waals surface area contributed by atoms with Gasteiger partial charge in [0.05, 0.1) is 5.92 Å². The molecule has 0 aromatic heterocycles. The minimum atomic E-state index is -0.966. The molecule has 0 spiro atoms. The molecule has 1 fully saturated rings. The van der Waals surface area contributed by atoms with Gasteiger partial charge in [-0.3, -0.25) is 14.4 Å². The van der Waals surface area contributed by atoms with Gasteiger partial charge in [-0.1, -0.05) is 44.5 Å². The summed E-state index contributed by atoms with van der Waals surface area (Å²) in [5.41, 5.74) is 2.36. The number of Topliss-reactive ketones (excluding diaryl/α,β-unsaturated/α-hetero) is 1. The summed E-state index contributed by atoms with van der Waals surface area (Å²) in [4.78, 5) is 39.5. The number of rotatable bonds is 7. The first-order valence-electron chi connectivity index (χ1n) is 12.2. The van der Waals surface area contributed by atoms with Gasteiger partial charge < -0.3 is 14.4 Å². The lowest BCUT2D eigenvalue weighted by Gasteiger charge is -2.19. The zero-order chi connectivity index (χ0) is 26.7. The second-order valence-electron chi connectivity index (χ2n) is 10.2. The van der Waals surface area contributed by atoms with Crippen molar-refractivity contribution in [2.24, 2.45) is 5.92 Å². The first-order valence-corrected chi connectivity index (χ1v) is 12.6. The fourth-order valence-electron chi connectivity index (χ4n) is 4.14. The van der Waals surface area contributed by atoms with Crippen LogP contribution in [0.4, 0.5) is 5.69 Å². The summed E-state index contributed by atoms with van der Waals surface area (Å²) in [6.07, 6.45) is -0.939. The van der Waals surface area contributed by atoms with Gasteiger partial charge in [0.15, 0.2) is 6.10 Å². The molecule has 1 amide bonds. The SMILES string of the molecule is C[C@@H](OC(=O)[C@H]1CC(=O)N(c2ccc(Oc3ccc(C(C)(C)C)cc3)cc2)C1)C(=O)c1ccc(Cl)cc1. The number of ketones is 1. The summed E-state index contributed by atoms with van der Waals surface area (Å²) in [7, 11) is 0. The quantitative estimate of drug-likeness (QED) is 0.260. The van der Waals surface area contributed by atoms with Crippen LogP contribution in [0.2, 0.25) is 5.02 Å². The molecule has 3 aromatic rings. The minimum Gasteiger partial charge on any atom is -0.457 e. The highest BCUT2D eigenvalue weighted by Crippen LogP contribution is 2.30. The van der Waals surface area contributed by atoms with Gasteiger partial charge in [0.2, 0.25) is 11.7 Å². The monoisotopic (exact) mass is 519 g/mol. The number of carbonyl (C=O) groups excluding carboxylic acids is 3. The van der Waals surface area contributed by atoms with Crippen LogP contribution in [0.15, 0.2) is 72.8 Å². The average molecular weight is 520 g/mol. The molecule has 0 saturated carbocycles. The van der Waals surface area contributed by atoms with E-state index < -0.39 is 18.0 Å². The fourth-order valence-corrected chi connectivity index (χ4v) is 4.27. The van der Waals surface area contributed by atoms with Crippen LogP contribution in [-0.4, -0.2) is 30.3 Å². The Labute approximate surface area is 222 Å². The van der Waals surface area contributed by atoms with E-state index in [4.69, 9.17) is 21.1 Å². The van der Waals surface area contributed by atoms with Gasteiger partial charge in [-0.25, -0.2) is 0 Å². The Morgan fingerprint density at radius 2 is 1.49 bits per heavy atom. The number of esters is 1. The van der Waals surface area contributed by atoms with Crippen LogP contribution in [0.25, 0.3) is 0 Å². The minimum absolute atomic E-state index is 0.0269. The second kappa shape index (κ2) is 10.8. The highest BCUT2D eigenvalue weighted by Gasteiger charge is 2.37. The molecule has 7 heteroatoms. The number of anilines is 1. The highest BCUT2D eigenvalue weighted by molar-refractivity contribution is 6.30. The van der Waals surface area contributed by atoms with Gasteiger partial charge in [0.1, 0.15) is 11.5 Å². The van der Waals surface area contributed by atoms with Crippen LogP contribution >= 0.6 is 11.6 Å². The Bertz CT molecular complexity index is 1280. The molecule has 0 aliphatic carbocycles. The molecule has 0 unspecified atom stereocenters. The van der Waals surface area contributed by atoms with Gasteiger partial charge in [-0.15, -0.1) is 0 Å². The van der Waals surface area contributed by atoms with Crippen LogP contribution in [0, 0.1) is 5.92 Å². The van der Waals surface area contributed by atoms with E-state index >= 15 is 0 Å². The molecule has 2 atom stereocenters. The number of nitrogens with zero attached hydrogens (tertiary/aromatic N) is 1. The molecule has 1 aliphatic rings. The molecule has 0 radical (unpaired) electrons. The molecular weight excluding hydrogens is 490 g/mol. The van der Waals surface area contributed by atoms with Gasteiger partial charge in [-0.05, 0) is 78.6 Å². The third-order valence-electron chi connectivity index (χ3n) is 6.35. The van der Waals surface area contributed by atoms with E-state index in [-0.39, 0.29) is 30.1 Å². The molecule has 1 aliphatic heterocycles. The van der Waals surface area contributed by atoms with Crippen LogP contribution < -0.4 is 9.64 Å². The lowest BCUT2D eigenvalue weighted by molar-refractivity contribution is -0.151. The number of hydrogen-bond acceptors (Lipinski definition) is 5. The fraction of sp³-hybridized carbons (Fsp3) is 0.300. The van der Waals surface area contributed by atoms with Crippen molar-refractivity contribution in [3.8, 4) is 11.5 Å². The smallest absolute Gasteiger partial charge is 0.312 e. The van der Waals surface area contributed by atoms with E-state index in [0.717, 1.165) is 5.75 Å². The van der Waals surface area contributed by atoms with Crippen molar-refractivity contribution in [2.75, 3.05) is 11.4 Å². The van der Waals surface area contributed by atoms with Gasteiger partial charge in [0.25, 0.3) is 0 Å². The van der Waals surface area contributed by atoms with Crippen LogP contribution in [-0.2, 0) is 19.7 Å². The summed E-state index contributed by atoms with van der Waals surface area (Å²) in [5, 5.41) is 0.514. The lowest BCUT2D eigenvalue weighted by Crippen LogP contribution is -2.30. The molecule has 0 N–H and O–H groups in total. The first-order chi connectivity index (χ1) is 17.5. The maximum Gasteiger partial charge on any atom is 0.312 e. The normalized spacial score (nSPS) is 16.4. The predicted octanol–water partition coefficient (Wildman–Crippen LogP) is 6.60. The molecule has 1 saturated heterocycles. The molecule has 37 heavy (non-hydrogen) atoms. The highest BCUT2D eigenvalue weighted by atomic mass is 35.5. The zero-order valence-electron chi connectivity index (χ0n) is 21.4. The summed E-state index contributed by atoms with van der Waals surface area (Å²) >= 11 is 5.87. The Balaban J connectivity index is 1.34. The summed E-state index contributed by atoms with van der Waals surface area (Å²) in [5.74, 6) is -0.345. The largest absolute Gasteiger partial charge is 0.457 e. The maximum atomic E-state index is 12.7. The van der Waals surface area contributed by atoms with Crippen molar-refractivity contribution >= 4 is 34.9 Å². The lowest BCUT2D eigenvalue weighted by atomic mass is 9.87. The summed E-state index contributed by atoms with van der Waals surface area (Å²) < 4.78 is 11.3. The molecule has 192 valence electrons. The molecule has 6 nitrogen and oxygen atoms in total. The van der Waals surface area contributed by atoms with Crippen molar-refractivity contribution in [2.45, 2.75) is 45.6 Å². The van der Waals surface area contributed by atoms with Gasteiger partial charge in [0, 0.05) is 29.2 Å². The summed E-state index contributed by atoms with van der Waals surface area (Å²) in [6, 6.07) is 21.5.